The zero-order valence-corrected chi connectivity index (χ0v) is 8.41. The molecule has 0 fully saturated rings. The van der Waals surface area contributed by atoms with E-state index >= 15 is 0 Å². The number of aromatic nitrogens is 1. The highest BCUT2D eigenvalue weighted by Crippen LogP contribution is 2.16. The van der Waals surface area contributed by atoms with Gasteiger partial charge in [0.25, 0.3) is 0 Å². The van der Waals surface area contributed by atoms with Crippen LogP contribution in [0.3, 0.4) is 0 Å². The van der Waals surface area contributed by atoms with Gasteiger partial charge in [-0.3, -0.25) is 4.98 Å². The monoisotopic (exact) mass is 167 g/mol. The lowest BCUT2D eigenvalue weighted by atomic mass is 10.0. The van der Waals surface area contributed by atoms with E-state index in [0.29, 0.717) is 5.92 Å². The molecule has 1 aromatic heterocycles. The summed E-state index contributed by atoms with van der Waals surface area (Å²) in [5.41, 5.74) is 2.69. The fraction of sp³-hybridized carbons (Fsp3) is 0.444. The molecule has 1 heterocycles. The van der Waals surface area contributed by atoms with E-state index in [1.165, 1.54) is 16.4 Å². The van der Waals surface area contributed by atoms with E-state index in [9.17, 15) is 0 Å². The fourth-order valence-corrected chi connectivity index (χ4v) is 2.03. The van der Waals surface area contributed by atoms with Gasteiger partial charge in [0.1, 0.15) is 0 Å². The molecule has 0 saturated carbocycles. The predicted molar refractivity (Wildman–Crippen MR) is 52.4 cm³/mol. The van der Waals surface area contributed by atoms with Crippen molar-refractivity contribution < 1.29 is 0 Å². The molecule has 0 aliphatic carbocycles. The van der Waals surface area contributed by atoms with Crippen LogP contribution in [-0.4, -0.2) is 4.98 Å². The third-order valence-electron chi connectivity index (χ3n) is 1.79. The first-order chi connectivity index (χ1) is 5.13. The van der Waals surface area contributed by atoms with E-state index in [1.807, 2.05) is 12.4 Å². The number of hydrogen-bond donors (Lipinski definition) is 0. The van der Waals surface area contributed by atoms with Gasteiger partial charge in [-0.1, -0.05) is 13.8 Å². The van der Waals surface area contributed by atoms with Crippen LogP contribution in [-0.2, 0) is 0 Å². The molecule has 0 N–H and O–H groups in total. The predicted octanol–water partition coefficient (Wildman–Crippen LogP) is 2.01. The molecule has 1 nitrogen and oxygen atoms in total. The van der Waals surface area contributed by atoms with Crippen molar-refractivity contribution in [2.45, 2.75) is 26.7 Å². The normalized spacial score (nSPS) is 10.6. The Balaban J connectivity index is 3.21. The molecule has 1 atom stereocenters. The second-order valence-electron chi connectivity index (χ2n) is 3.11. The molecule has 0 amide bonds. The highest BCUT2D eigenvalue weighted by molar-refractivity contribution is 7.27. The van der Waals surface area contributed by atoms with Crippen molar-refractivity contribution in [3.8, 4) is 0 Å². The molecule has 1 aromatic rings. The third kappa shape index (κ3) is 1.78. The van der Waals surface area contributed by atoms with Crippen LogP contribution in [0.1, 0.15) is 30.9 Å². The molecular weight excluding hydrogens is 153 g/mol. The van der Waals surface area contributed by atoms with Crippen LogP contribution >= 0.6 is 9.24 Å². The van der Waals surface area contributed by atoms with Crippen LogP contribution in [0.25, 0.3) is 0 Å². The van der Waals surface area contributed by atoms with Gasteiger partial charge in [0.05, 0.1) is 0 Å². The summed E-state index contributed by atoms with van der Waals surface area (Å²) < 4.78 is 0. The fourth-order valence-electron chi connectivity index (χ4n) is 1.38. The number of pyridine rings is 1. The van der Waals surface area contributed by atoms with Gasteiger partial charge >= 0.3 is 0 Å². The minimum atomic E-state index is 0.588. The van der Waals surface area contributed by atoms with Gasteiger partial charge in [-0.15, -0.1) is 9.24 Å². The molecular formula is C9H14NP. The summed E-state index contributed by atoms with van der Waals surface area (Å²) in [4.78, 5) is 4.11. The Morgan fingerprint density at radius 1 is 1.36 bits per heavy atom. The highest BCUT2D eigenvalue weighted by atomic mass is 31.0. The van der Waals surface area contributed by atoms with Crippen LogP contribution < -0.4 is 5.30 Å². The molecule has 0 aliphatic heterocycles. The van der Waals surface area contributed by atoms with Crippen LogP contribution in [0.15, 0.2) is 12.4 Å². The van der Waals surface area contributed by atoms with Crippen LogP contribution in [0, 0.1) is 6.92 Å². The molecule has 2 heteroatoms. The molecule has 0 radical (unpaired) electrons. The molecule has 0 aliphatic rings. The van der Waals surface area contributed by atoms with Crippen LogP contribution in [0.2, 0.25) is 0 Å². The molecule has 0 saturated heterocycles. The van der Waals surface area contributed by atoms with E-state index in [1.54, 1.807) is 0 Å². The second-order valence-corrected chi connectivity index (χ2v) is 3.74. The van der Waals surface area contributed by atoms with Crippen molar-refractivity contribution >= 4 is 14.5 Å². The first-order valence-corrected chi connectivity index (χ1v) is 4.40. The van der Waals surface area contributed by atoms with Crippen molar-refractivity contribution in [2.24, 2.45) is 0 Å². The summed E-state index contributed by atoms with van der Waals surface area (Å²) in [6, 6.07) is 0. The molecule has 0 aromatic carbocycles. The summed E-state index contributed by atoms with van der Waals surface area (Å²) in [5, 5.41) is 1.22. The highest BCUT2D eigenvalue weighted by Gasteiger charge is 2.05. The minimum Gasteiger partial charge on any atom is -0.264 e. The van der Waals surface area contributed by atoms with Gasteiger partial charge in [-0.05, 0) is 29.3 Å². The Hall–Kier alpha value is -0.420. The lowest BCUT2D eigenvalue weighted by Crippen LogP contribution is -2.07. The Kier molecular flexibility index (Phi) is 2.62. The number of hydrogen-bond acceptors (Lipinski definition) is 1. The average molecular weight is 167 g/mol. The van der Waals surface area contributed by atoms with Gasteiger partial charge < -0.3 is 0 Å². The van der Waals surface area contributed by atoms with Gasteiger partial charge in [0, 0.05) is 12.4 Å². The smallest absolute Gasteiger partial charge is 0.0342 e. The van der Waals surface area contributed by atoms with E-state index in [0.717, 1.165) is 0 Å². The maximum atomic E-state index is 4.11. The zero-order chi connectivity index (χ0) is 8.43. The Labute approximate surface area is 70.4 Å². The van der Waals surface area contributed by atoms with Crippen LogP contribution in [0.4, 0.5) is 0 Å². The Morgan fingerprint density at radius 3 is 2.36 bits per heavy atom. The van der Waals surface area contributed by atoms with Crippen molar-refractivity contribution in [1.29, 1.82) is 0 Å². The van der Waals surface area contributed by atoms with E-state index in [2.05, 4.69) is 35.0 Å². The topological polar surface area (TPSA) is 12.9 Å². The maximum Gasteiger partial charge on any atom is 0.0342 e. The first kappa shape index (κ1) is 8.67. The van der Waals surface area contributed by atoms with Crippen molar-refractivity contribution in [3.05, 3.63) is 23.5 Å². The number of rotatable bonds is 1. The van der Waals surface area contributed by atoms with Gasteiger partial charge in [0.2, 0.25) is 0 Å². The largest absolute Gasteiger partial charge is 0.264 e. The molecule has 1 unspecified atom stereocenters. The lowest BCUT2D eigenvalue weighted by molar-refractivity contribution is 0.860. The quantitative estimate of drug-likeness (QED) is 0.583. The SMILES string of the molecule is Cc1cncc(P)c1C(C)C. The van der Waals surface area contributed by atoms with Crippen LogP contribution in [0.5, 0.6) is 0 Å². The molecule has 1 rings (SSSR count). The summed E-state index contributed by atoms with van der Waals surface area (Å²) in [6.07, 6.45) is 3.82. The number of nitrogens with zero attached hydrogens (tertiary/aromatic N) is 1. The summed E-state index contributed by atoms with van der Waals surface area (Å²) in [6.45, 7) is 6.52. The maximum absolute atomic E-state index is 4.11. The molecule has 11 heavy (non-hydrogen) atoms. The molecule has 60 valence electrons. The first-order valence-electron chi connectivity index (χ1n) is 3.83. The van der Waals surface area contributed by atoms with Gasteiger partial charge in [-0.25, -0.2) is 0 Å². The minimum absolute atomic E-state index is 0.588. The van der Waals surface area contributed by atoms with Gasteiger partial charge in [-0.2, -0.15) is 0 Å². The number of aryl methyl sites for hydroxylation is 1. The lowest BCUT2D eigenvalue weighted by Gasteiger charge is -2.11. The van der Waals surface area contributed by atoms with Crippen molar-refractivity contribution in [3.63, 3.8) is 0 Å². The van der Waals surface area contributed by atoms with Crippen molar-refractivity contribution in [2.75, 3.05) is 0 Å². The van der Waals surface area contributed by atoms with Gasteiger partial charge in [0.15, 0.2) is 0 Å². The molecule has 0 spiro atoms. The standard InChI is InChI=1S/C9H14NP/c1-6(2)9-7(3)4-10-5-8(9)11/h4-6H,11H2,1-3H3. The second kappa shape index (κ2) is 3.32. The van der Waals surface area contributed by atoms with E-state index in [-0.39, 0.29) is 0 Å². The summed E-state index contributed by atoms with van der Waals surface area (Å²) >= 11 is 0. The van der Waals surface area contributed by atoms with E-state index in [4.69, 9.17) is 0 Å². The molecule has 0 bridgehead atoms. The summed E-state index contributed by atoms with van der Waals surface area (Å²) in [7, 11) is 2.73. The third-order valence-corrected chi connectivity index (χ3v) is 2.26. The zero-order valence-electron chi connectivity index (χ0n) is 7.26. The van der Waals surface area contributed by atoms with E-state index < -0.39 is 0 Å². The average Bonchev–Trinajstić information content (AvgIpc) is 1.85. The Bertz CT molecular complexity index is 235. The Morgan fingerprint density at radius 2 is 2.00 bits per heavy atom. The summed E-state index contributed by atoms with van der Waals surface area (Å²) in [5.74, 6) is 0.588. The van der Waals surface area contributed by atoms with Crippen molar-refractivity contribution in [1.82, 2.24) is 4.98 Å².